The summed E-state index contributed by atoms with van der Waals surface area (Å²) in [6, 6.07) is 16.7. The second-order valence-electron chi connectivity index (χ2n) is 8.94. The molecule has 5 rings (SSSR count). The van der Waals surface area contributed by atoms with Crippen LogP contribution in [0.15, 0.2) is 68.4 Å². The van der Waals surface area contributed by atoms with Gasteiger partial charge < -0.3 is 9.64 Å². The average molecular weight is 711 g/mol. The molecule has 2 aliphatic heterocycles. The van der Waals surface area contributed by atoms with Crippen LogP contribution < -0.4 is 4.74 Å². The number of hydrogen-bond donors (Lipinski definition) is 0. The Morgan fingerprint density at radius 1 is 1.03 bits per heavy atom. The SMILES string of the molecule is O=C(CN1C(=O)S/C(=C/c2cc(Br)c(OCc3ccc(Cl)cc3Cl)c(Br)c2)C1=O)N1CCc2ccccc2C1. The number of rotatable bonds is 6. The molecule has 11 heteroatoms. The molecule has 0 N–H and O–H groups in total. The highest BCUT2D eigenvalue weighted by atomic mass is 79.9. The van der Waals surface area contributed by atoms with E-state index in [9.17, 15) is 14.4 Å². The number of nitrogens with zero attached hydrogens (tertiary/aromatic N) is 2. The zero-order valence-corrected chi connectivity index (χ0v) is 25.8. The van der Waals surface area contributed by atoms with Gasteiger partial charge in [0.2, 0.25) is 5.91 Å². The Morgan fingerprint density at radius 2 is 1.74 bits per heavy atom. The third-order valence-electron chi connectivity index (χ3n) is 6.36. The Bertz CT molecular complexity index is 1510. The lowest BCUT2D eigenvalue weighted by Crippen LogP contribution is -2.44. The number of imide groups is 1. The second kappa shape index (κ2) is 12.1. The number of ether oxygens (including phenoxy) is 1. The third-order valence-corrected chi connectivity index (χ3v) is 9.03. The van der Waals surface area contributed by atoms with Gasteiger partial charge in [-0.25, -0.2) is 0 Å². The number of thioether (sulfide) groups is 1. The van der Waals surface area contributed by atoms with Crippen molar-refractivity contribution in [2.45, 2.75) is 19.6 Å². The van der Waals surface area contributed by atoms with Crippen molar-refractivity contribution in [1.29, 1.82) is 0 Å². The standard InChI is InChI=1S/C28H20Br2Cl2N2O4S/c29-21-9-16(10-22(30)26(21)38-15-19-5-6-20(31)12-23(19)32)11-24-27(36)34(28(37)39-24)14-25(35)33-8-7-17-3-1-2-4-18(17)13-33/h1-6,9-12H,7-8,13-15H2/b24-11+. The number of fused-ring (bicyclic) bond motifs is 1. The van der Waals surface area contributed by atoms with Crippen LogP contribution in [0.3, 0.4) is 0 Å². The molecular weight excluding hydrogens is 691 g/mol. The van der Waals surface area contributed by atoms with Gasteiger partial charge in [0, 0.05) is 28.7 Å². The monoisotopic (exact) mass is 708 g/mol. The van der Waals surface area contributed by atoms with E-state index in [0.717, 1.165) is 34.2 Å². The molecule has 3 aromatic rings. The molecule has 0 spiro atoms. The maximum Gasteiger partial charge on any atom is 0.294 e. The molecule has 2 heterocycles. The van der Waals surface area contributed by atoms with E-state index in [1.54, 1.807) is 41.3 Å². The second-order valence-corrected chi connectivity index (χ2v) is 12.5. The lowest BCUT2D eigenvalue weighted by Gasteiger charge is -2.29. The molecule has 0 radical (unpaired) electrons. The summed E-state index contributed by atoms with van der Waals surface area (Å²) >= 11 is 20.1. The fourth-order valence-electron chi connectivity index (χ4n) is 4.32. The maximum atomic E-state index is 13.1. The van der Waals surface area contributed by atoms with Crippen molar-refractivity contribution in [2.24, 2.45) is 0 Å². The van der Waals surface area contributed by atoms with E-state index in [0.29, 0.717) is 43.4 Å². The summed E-state index contributed by atoms with van der Waals surface area (Å²) in [4.78, 5) is 41.6. The normalized spacial score (nSPS) is 16.2. The fourth-order valence-corrected chi connectivity index (χ4v) is 7.07. The molecule has 2 aliphatic rings. The van der Waals surface area contributed by atoms with Crippen molar-refractivity contribution >= 4 is 90.0 Å². The number of carbonyl (C=O) groups excluding carboxylic acids is 3. The summed E-state index contributed by atoms with van der Waals surface area (Å²) in [7, 11) is 0. The number of amides is 3. The van der Waals surface area contributed by atoms with Gasteiger partial charge in [0.25, 0.3) is 11.1 Å². The summed E-state index contributed by atoms with van der Waals surface area (Å²) in [5.74, 6) is -0.179. The molecule has 1 fully saturated rings. The van der Waals surface area contributed by atoms with Crippen molar-refractivity contribution in [2.75, 3.05) is 13.1 Å². The van der Waals surface area contributed by atoms with Gasteiger partial charge in [-0.15, -0.1) is 0 Å². The van der Waals surface area contributed by atoms with Crippen LogP contribution in [-0.2, 0) is 29.2 Å². The Kier molecular flexibility index (Phi) is 8.73. The minimum absolute atomic E-state index is 0.224. The van der Waals surface area contributed by atoms with Crippen LogP contribution in [0.1, 0.15) is 22.3 Å². The van der Waals surface area contributed by atoms with E-state index >= 15 is 0 Å². The van der Waals surface area contributed by atoms with E-state index in [1.807, 2.05) is 18.2 Å². The molecule has 0 atom stereocenters. The largest absolute Gasteiger partial charge is 0.486 e. The smallest absolute Gasteiger partial charge is 0.294 e. The Morgan fingerprint density at radius 3 is 2.46 bits per heavy atom. The van der Waals surface area contributed by atoms with E-state index in [2.05, 4.69) is 37.9 Å². The van der Waals surface area contributed by atoms with Gasteiger partial charge in [-0.3, -0.25) is 19.3 Å². The molecule has 1 saturated heterocycles. The first-order valence-electron chi connectivity index (χ1n) is 11.9. The van der Waals surface area contributed by atoms with Crippen LogP contribution in [0.2, 0.25) is 10.0 Å². The lowest BCUT2D eigenvalue weighted by atomic mass is 10.00. The van der Waals surface area contributed by atoms with E-state index in [4.69, 9.17) is 27.9 Å². The lowest BCUT2D eigenvalue weighted by molar-refractivity contribution is -0.136. The average Bonchev–Trinajstić information content (AvgIpc) is 3.16. The first-order chi connectivity index (χ1) is 18.7. The van der Waals surface area contributed by atoms with Crippen molar-refractivity contribution in [3.05, 3.63) is 101 Å². The first-order valence-corrected chi connectivity index (χ1v) is 15.0. The molecule has 0 aromatic heterocycles. The molecule has 3 amide bonds. The molecule has 3 aromatic carbocycles. The van der Waals surface area contributed by atoms with Gasteiger partial charge >= 0.3 is 0 Å². The maximum absolute atomic E-state index is 13.1. The minimum Gasteiger partial charge on any atom is -0.486 e. The first kappa shape index (κ1) is 28.2. The summed E-state index contributed by atoms with van der Waals surface area (Å²) in [6.07, 6.45) is 2.38. The summed E-state index contributed by atoms with van der Waals surface area (Å²) < 4.78 is 7.25. The number of hydrogen-bond acceptors (Lipinski definition) is 5. The van der Waals surface area contributed by atoms with Gasteiger partial charge in [-0.2, -0.15) is 0 Å². The molecule has 6 nitrogen and oxygen atoms in total. The zero-order valence-electron chi connectivity index (χ0n) is 20.3. The van der Waals surface area contributed by atoms with Crippen LogP contribution in [0, 0.1) is 0 Å². The molecule has 0 aliphatic carbocycles. The van der Waals surface area contributed by atoms with Gasteiger partial charge in [-0.1, -0.05) is 53.5 Å². The van der Waals surface area contributed by atoms with E-state index < -0.39 is 11.1 Å². The van der Waals surface area contributed by atoms with E-state index in [1.165, 1.54) is 5.56 Å². The topological polar surface area (TPSA) is 66.9 Å². The molecule has 0 bridgehead atoms. The van der Waals surface area contributed by atoms with Gasteiger partial charge in [0.05, 0.1) is 13.9 Å². The summed E-state index contributed by atoms with van der Waals surface area (Å²) in [5.41, 5.74) is 3.76. The highest BCUT2D eigenvalue weighted by Crippen LogP contribution is 2.38. The number of benzene rings is 3. The van der Waals surface area contributed by atoms with Gasteiger partial charge in [0.1, 0.15) is 18.9 Å². The fraction of sp³-hybridized carbons (Fsp3) is 0.179. The number of carbonyl (C=O) groups is 3. The van der Waals surface area contributed by atoms with Crippen LogP contribution in [0.4, 0.5) is 4.79 Å². The number of halogens is 4. The molecule has 200 valence electrons. The highest BCUT2D eigenvalue weighted by Gasteiger charge is 2.37. The molecular formula is C28H20Br2Cl2N2O4S. The Balaban J connectivity index is 1.26. The van der Waals surface area contributed by atoms with Gasteiger partial charge in [0.15, 0.2) is 0 Å². The minimum atomic E-state index is -0.485. The van der Waals surface area contributed by atoms with Crippen molar-refractivity contribution in [3.63, 3.8) is 0 Å². The van der Waals surface area contributed by atoms with Crippen molar-refractivity contribution in [3.8, 4) is 5.75 Å². The summed E-state index contributed by atoms with van der Waals surface area (Å²) in [6.45, 7) is 0.976. The Labute approximate surface area is 256 Å². The van der Waals surface area contributed by atoms with Crippen LogP contribution in [0.25, 0.3) is 6.08 Å². The predicted molar refractivity (Wildman–Crippen MR) is 161 cm³/mol. The molecule has 0 unspecified atom stereocenters. The Hall–Kier alpha value is -2.30. The zero-order chi connectivity index (χ0) is 27.7. The van der Waals surface area contributed by atoms with Crippen LogP contribution in [-0.4, -0.2) is 39.9 Å². The van der Waals surface area contributed by atoms with Crippen molar-refractivity contribution < 1.29 is 19.1 Å². The van der Waals surface area contributed by atoms with Crippen molar-refractivity contribution in [1.82, 2.24) is 9.80 Å². The molecule has 0 saturated carbocycles. The molecule has 39 heavy (non-hydrogen) atoms. The van der Waals surface area contributed by atoms with Gasteiger partial charge in [-0.05, 0) is 97.1 Å². The summed E-state index contributed by atoms with van der Waals surface area (Å²) in [5, 5.41) is 0.585. The van der Waals surface area contributed by atoms with Crippen LogP contribution >= 0.6 is 66.8 Å². The van der Waals surface area contributed by atoms with E-state index in [-0.39, 0.29) is 24.0 Å². The predicted octanol–water partition coefficient (Wildman–Crippen LogP) is 7.72. The highest BCUT2D eigenvalue weighted by molar-refractivity contribution is 9.11. The quantitative estimate of drug-likeness (QED) is 0.245. The third kappa shape index (κ3) is 6.38. The van der Waals surface area contributed by atoms with Crippen LogP contribution in [0.5, 0.6) is 5.75 Å².